The van der Waals surface area contributed by atoms with Crippen molar-refractivity contribution in [2.24, 2.45) is 11.8 Å². The van der Waals surface area contributed by atoms with E-state index in [1.165, 1.54) is 6.07 Å². The number of anilines is 1. The molecule has 1 amide bonds. The highest BCUT2D eigenvalue weighted by Gasteiger charge is 2.32. The van der Waals surface area contributed by atoms with Crippen LogP contribution in [0.1, 0.15) is 25.7 Å². The number of hydrogen-bond acceptors (Lipinski definition) is 5. The maximum atomic E-state index is 13.0. The number of rotatable bonds is 6. The van der Waals surface area contributed by atoms with Crippen molar-refractivity contribution in [2.75, 3.05) is 37.7 Å². The Balaban J connectivity index is 1.24. The second kappa shape index (κ2) is 9.81. The Morgan fingerprint density at radius 2 is 1.58 bits per heavy atom. The third kappa shape index (κ3) is 5.16. The Morgan fingerprint density at radius 1 is 0.935 bits per heavy atom. The summed E-state index contributed by atoms with van der Waals surface area (Å²) in [6.07, 6.45) is 3.41. The number of amides is 1. The second-order valence-electron chi connectivity index (χ2n) is 8.40. The van der Waals surface area contributed by atoms with Crippen molar-refractivity contribution < 1.29 is 14.5 Å². The van der Waals surface area contributed by atoms with Crippen LogP contribution in [-0.4, -0.2) is 48.5 Å². The molecule has 2 heterocycles. The van der Waals surface area contributed by atoms with E-state index in [9.17, 15) is 14.9 Å². The van der Waals surface area contributed by atoms with E-state index in [2.05, 4.69) is 0 Å². The van der Waals surface area contributed by atoms with E-state index in [1.54, 1.807) is 12.1 Å². The maximum absolute atomic E-state index is 13.0. The lowest BCUT2D eigenvalue weighted by atomic mass is 9.92. The number of para-hydroxylation sites is 3. The zero-order valence-corrected chi connectivity index (χ0v) is 17.7. The first-order valence-corrected chi connectivity index (χ1v) is 11.1. The summed E-state index contributed by atoms with van der Waals surface area (Å²) in [7, 11) is 0. The minimum atomic E-state index is -0.335. The molecule has 0 aromatic heterocycles. The molecule has 2 fully saturated rings. The van der Waals surface area contributed by atoms with Gasteiger partial charge in [-0.2, -0.15) is 0 Å². The first-order chi connectivity index (χ1) is 15.1. The van der Waals surface area contributed by atoms with Gasteiger partial charge in [0.2, 0.25) is 5.91 Å². The van der Waals surface area contributed by atoms with Crippen LogP contribution in [0.4, 0.5) is 11.4 Å². The van der Waals surface area contributed by atoms with Gasteiger partial charge in [0.1, 0.15) is 11.4 Å². The lowest BCUT2D eigenvalue weighted by Gasteiger charge is -2.37. The molecule has 164 valence electrons. The minimum absolute atomic E-state index is 0.0103. The number of carbonyl (C=O) groups excluding carboxylic acids is 1. The van der Waals surface area contributed by atoms with E-state index in [4.69, 9.17) is 4.74 Å². The molecular formula is C24H29N3O4. The van der Waals surface area contributed by atoms with Gasteiger partial charge in [-0.1, -0.05) is 30.3 Å². The first kappa shape index (κ1) is 21.2. The molecule has 2 saturated heterocycles. The standard InChI is InChI=1S/C24H29N3O4/c28-24(26-14-10-19(11-15-26)18-31-21-6-2-1-3-7-21)20-12-16-25(17-13-20)22-8-4-5-9-23(22)27(29)30/h1-9,19-20H,10-18H2. The number of likely N-dealkylation sites (tertiary alicyclic amines) is 1. The number of nitro groups is 1. The fraction of sp³-hybridized carbons (Fsp3) is 0.458. The van der Waals surface area contributed by atoms with Crippen LogP contribution in [0.3, 0.4) is 0 Å². The largest absolute Gasteiger partial charge is 0.493 e. The van der Waals surface area contributed by atoms with Crippen LogP contribution in [-0.2, 0) is 4.79 Å². The summed E-state index contributed by atoms with van der Waals surface area (Å²) in [6, 6.07) is 16.7. The lowest BCUT2D eigenvalue weighted by molar-refractivity contribution is -0.384. The summed E-state index contributed by atoms with van der Waals surface area (Å²) >= 11 is 0. The van der Waals surface area contributed by atoms with E-state index in [-0.39, 0.29) is 22.4 Å². The molecule has 7 heteroatoms. The Morgan fingerprint density at radius 3 is 2.26 bits per heavy atom. The summed E-state index contributed by atoms with van der Waals surface area (Å²) < 4.78 is 5.88. The molecule has 0 saturated carbocycles. The molecule has 0 radical (unpaired) electrons. The minimum Gasteiger partial charge on any atom is -0.493 e. The van der Waals surface area contributed by atoms with E-state index in [1.807, 2.05) is 46.2 Å². The Bertz CT molecular complexity index is 889. The molecule has 4 rings (SSSR count). The van der Waals surface area contributed by atoms with Crippen molar-refractivity contribution in [3.63, 3.8) is 0 Å². The summed E-state index contributed by atoms with van der Waals surface area (Å²) in [4.78, 5) is 28.0. The van der Waals surface area contributed by atoms with Crippen molar-refractivity contribution in [3.05, 3.63) is 64.7 Å². The highest BCUT2D eigenvalue weighted by molar-refractivity contribution is 5.79. The van der Waals surface area contributed by atoms with Gasteiger partial charge in [-0.05, 0) is 49.8 Å². The summed E-state index contributed by atoms with van der Waals surface area (Å²) in [5.41, 5.74) is 0.782. The van der Waals surface area contributed by atoms with E-state index in [0.717, 1.165) is 44.5 Å². The van der Waals surface area contributed by atoms with Crippen LogP contribution in [0.2, 0.25) is 0 Å². The van der Waals surface area contributed by atoms with Gasteiger partial charge in [-0.25, -0.2) is 0 Å². The highest BCUT2D eigenvalue weighted by Crippen LogP contribution is 2.32. The van der Waals surface area contributed by atoms with Crippen molar-refractivity contribution in [2.45, 2.75) is 25.7 Å². The molecule has 0 N–H and O–H groups in total. The molecule has 0 bridgehead atoms. The number of nitro benzene ring substituents is 1. The van der Waals surface area contributed by atoms with E-state index in [0.29, 0.717) is 31.3 Å². The van der Waals surface area contributed by atoms with Gasteiger partial charge in [0.05, 0.1) is 11.5 Å². The summed E-state index contributed by atoms with van der Waals surface area (Å²) in [5.74, 6) is 1.62. The molecule has 0 aliphatic carbocycles. The predicted molar refractivity (Wildman–Crippen MR) is 119 cm³/mol. The molecular weight excluding hydrogens is 394 g/mol. The molecule has 0 atom stereocenters. The van der Waals surface area contributed by atoms with Crippen LogP contribution < -0.4 is 9.64 Å². The fourth-order valence-corrected chi connectivity index (χ4v) is 4.56. The van der Waals surface area contributed by atoms with Gasteiger partial charge < -0.3 is 14.5 Å². The maximum Gasteiger partial charge on any atom is 0.292 e. The molecule has 7 nitrogen and oxygen atoms in total. The topological polar surface area (TPSA) is 75.9 Å². The first-order valence-electron chi connectivity index (χ1n) is 11.1. The average Bonchev–Trinajstić information content (AvgIpc) is 2.83. The van der Waals surface area contributed by atoms with Gasteiger partial charge in [0, 0.05) is 38.2 Å². The summed E-state index contributed by atoms with van der Waals surface area (Å²) in [6.45, 7) is 3.60. The average molecular weight is 424 g/mol. The van der Waals surface area contributed by atoms with Crippen LogP contribution in [0.25, 0.3) is 0 Å². The lowest BCUT2D eigenvalue weighted by Crippen LogP contribution is -2.46. The van der Waals surface area contributed by atoms with Crippen LogP contribution in [0.15, 0.2) is 54.6 Å². The highest BCUT2D eigenvalue weighted by atomic mass is 16.6. The smallest absolute Gasteiger partial charge is 0.292 e. The molecule has 2 aromatic carbocycles. The zero-order chi connectivity index (χ0) is 21.6. The van der Waals surface area contributed by atoms with Crippen LogP contribution >= 0.6 is 0 Å². The molecule has 0 unspecified atom stereocenters. The quantitative estimate of drug-likeness (QED) is 0.516. The third-order valence-corrected chi connectivity index (χ3v) is 6.42. The number of nitrogens with zero attached hydrogens (tertiary/aromatic N) is 3. The second-order valence-corrected chi connectivity index (χ2v) is 8.40. The Hall–Kier alpha value is -3.09. The number of benzene rings is 2. The molecule has 2 aliphatic heterocycles. The van der Waals surface area contributed by atoms with Gasteiger partial charge in [-0.15, -0.1) is 0 Å². The number of ether oxygens (including phenoxy) is 1. The van der Waals surface area contributed by atoms with E-state index < -0.39 is 0 Å². The monoisotopic (exact) mass is 423 g/mol. The fourth-order valence-electron chi connectivity index (χ4n) is 4.56. The zero-order valence-electron chi connectivity index (χ0n) is 17.7. The van der Waals surface area contributed by atoms with Crippen molar-refractivity contribution in [3.8, 4) is 5.75 Å². The molecule has 2 aliphatic rings. The van der Waals surface area contributed by atoms with Crippen molar-refractivity contribution >= 4 is 17.3 Å². The van der Waals surface area contributed by atoms with Gasteiger partial charge in [-0.3, -0.25) is 14.9 Å². The number of hydrogen-bond donors (Lipinski definition) is 0. The number of carbonyl (C=O) groups is 1. The predicted octanol–water partition coefficient (Wildman–Crippen LogP) is 4.13. The van der Waals surface area contributed by atoms with Gasteiger partial charge >= 0.3 is 0 Å². The van der Waals surface area contributed by atoms with Gasteiger partial charge in [0.15, 0.2) is 0 Å². The molecule has 2 aromatic rings. The molecule has 0 spiro atoms. The number of piperidine rings is 2. The third-order valence-electron chi connectivity index (χ3n) is 6.42. The SMILES string of the molecule is O=C(C1CCN(c2ccccc2[N+](=O)[O-])CC1)N1CCC(COc2ccccc2)CC1. The Labute approximate surface area is 182 Å². The normalized spacial score (nSPS) is 18.1. The van der Waals surface area contributed by atoms with Gasteiger partial charge in [0.25, 0.3) is 5.69 Å². The Kier molecular flexibility index (Phi) is 6.70. The summed E-state index contributed by atoms with van der Waals surface area (Å²) in [5, 5.41) is 11.3. The van der Waals surface area contributed by atoms with Crippen molar-refractivity contribution in [1.82, 2.24) is 4.90 Å². The van der Waals surface area contributed by atoms with E-state index >= 15 is 0 Å². The molecule has 31 heavy (non-hydrogen) atoms. The van der Waals surface area contributed by atoms with Crippen LogP contribution in [0, 0.1) is 22.0 Å². The van der Waals surface area contributed by atoms with Crippen molar-refractivity contribution in [1.29, 1.82) is 0 Å². The van der Waals surface area contributed by atoms with Crippen LogP contribution in [0.5, 0.6) is 5.75 Å².